The molecule has 1 heterocycles. The van der Waals surface area contributed by atoms with Gasteiger partial charge in [0.2, 0.25) is 0 Å². The number of hydrazine groups is 1. The van der Waals surface area contributed by atoms with Crippen molar-refractivity contribution in [2.45, 2.75) is 12.2 Å². The SMILES string of the molecule is NNC(c1ccoc1)c1cc(C(F)(F)F)ccc1N. The van der Waals surface area contributed by atoms with Crippen molar-refractivity contribution in [2.24, 2.45) is 5.84 Å². The van der Waals surface area contributed by atoms with Gasteiger partial charge in [0.1, 0.15) is 0 Å². The highest BCUT2D eigenvalue weighted by Gasteiger charge is 2.31. The van der Waals surface area contributed by atoms with Crippen LogP contribution in [-0.2, 0) is 6.18 Å². The number of furan rings is 1. The standard InChI is InChI=1S/C12H12F3N3O/c13-12(14,15)8-1-2-10(16)9(5-8)11(18-17)7-3-4-19-6-7/h1-6,11,18H,16-17H2. The van der Waals surface area contributed by atoms with Crippen LogP contribution in [0.15, 0.2) is 41.2 Å². The molecule has 19 heavy (non-hydrogen) atoms. The molecule has 2 rings (SSSR count). The van der Waals surface area contributed by atoms with Gasteiger partial charge in [-0.05, 0) is 29.8 Å². The first-order chi connectivity index (χ1) is 8.93. The second-order valence-corrected chi connectivity index (χ2v) is 4.00. The van der Waals surface area contributed by atoms with Gasteiger partial charge in [0.05, 0.1) is 24.1 Å². The first kappa shape index (κ1) is 13.4. The average Bonchev–Trinajstić information content (AvgIpc) is 2.84. The van der Waals surface area contributed by atoms with E-state index in [2.05, 4.69) is 5.43 Å². The van der Waals surface area contributed by atoms with Gasteiger partial charge in [-0.2, -0.15) is 13.2 Å². The lowest BCUT2D eigenvalue weighted by Crippen LogP contribution is -2.29. The van der Waals surface area contributed by atoms with Gasteiger partial charge in [0, 0.05) is 11.3 Å². The molecule has 7 heteroatoms. The third-order valence-corrected chi connectivity index (χ3v) is 2.77. The number of nitrogens with one attached hydrogen (secondary N) is 1. The zero-order valence-electron chi connectivity index (χ0n) is 9.74. The van der Waals surface area contributed by atoms with E-state index in [-0.39, 0.29) is 11.3 Å². The minimum Gasteiger partial charge on any atom is -0.472 e. The lowest BCUT2D eigenvalue weighted by atomic mass is 9.98. The van der Waals surface area contributed by atoms with Crippen LogP contribution in [0, 0.1) is 0 Å². The van der Waals surface area contributed by atoms with E-state index in [0.717, 1.165) is 12.1 Å². The Hall–Kier alpha value is -1.99. The van der Waals surface area contributed by atoms with Crippen molar-refractivity contribution in [2.75, 3.05) is 5.73 Å². The molecule has 2 aromatic rings. The van der Waals surface area contributed by atoms with Crippen LogP contribution >= 0.6 is 0 Å². The molecule has 0 saturated carbocycles. The smallest absolute Gasteiger partial charge is 0.416 e. The molecule has 1 unspecified atom stereocenters. The number of nitrogens with two attached hydrogens (primary N) is 2. The molecule has 0 spiro atoms. The predicted molar refractivity (Wildman–Crippen MR) is 63.7 cm³/mol. The van der Waals surface area contributed by atoms with Crippen LogP contribution in [0.25, 0.3) is 0 Å². The highest BCUT2D eigenvalue weighted by molar-refractivity contribution is 5.53. The number of rotatable bonds is 3. The Morgan fingerprint density at radius 2 is 1.95 bits per heavy atom. The molecule has 0 aliphatic heterocycles. The molecule has 0 fully saturated rings. The minimum atomic E-state index is -4.43. The second kappa shape index (κ2) is 4.94. The Labute approximate surface area is 107 Å². The molecule has 4 nitrogen and oxygen atoms in total. The topological polar surface area (TPSA) is 77.2 Å². The summed E-state index contributed by atoms with van der Waals surface area (Å²) >= 11 is 0. The number of nitrogen functional groups attached to an aromatic ring is 1. The maximum atomic E-state index is 12.7. The van der Waals surface area contributed by atoms with Gasteiger partial charge in [-0.15, -0.1) is 0 Å². The largest absolute Gasteiger partial charge is 0.472 e. The molecule has 0 aliphatic carbocycles. The molecule has 5 N–H and O–H groups in total. The molecular formula is C12H12F3N3O. The first-order valence-corrected chi connectivity index (χ1v) is 5.38. The number of hydrogen-bond donors (Lipinski definition) is 3. The Morgan fingerprint density at radius 3 is 2.47 bits per heavy atom. The Morgan fingerprint density at radius 1 is 1.21 bits per heavy atom. The molecular weight excluding hydrogens is 259 g/mol. The van der Waals surface area contributed by atoms with E-state index in [1.54, 1.807) is 6.07 Å². The first-order valence-electron chi connectivity index (χ1n) is 5.38. The van der Waals surface area contributed by atoms with E-state index in [1.165, 1.54) is 18.6 Å². The van der Waals surface area contributed by atoms with Crippen molar-refractivity contribution < 1.29 is 17.6 Å². The van der Waals surface area contributed by atoms with Crippen LogP contribution in [0.3, 0.4) is 0 Å². The summed E-state index contributed by atoms with van der Waals surface area (Å²) in [5, 5.41) is 0. The van der Waals surface area contributed by atoms with Crippen LogP contribution in [0.1, 0.15) is 22.7 Å². The number of anilines is 1. The van der Waals surface area contributed by atoms with Crippen molar-refractivity contribution in [3.63, 3.8) is 0 Å². The van der Waals surface area contributed by atoms with Gasteiger partial charge in [0.25, 0.3) is 0 Å². The highest BCUT2D eigenvalue weighted by Crippen LogP contribution is 2.34. The Kier molecular flexibility index (Phi) is 3.50. The highest BCUT2D eigenvalue weighted by atomic mass is 19.4. The maximum Gasteiger partial charge on any atom is 0.416 e. The average molecular weight is 271 g/mol. The molecule has 1 aromatic carbocycles. The molecule has 1 aromatic heterocycles. The van der Waals surface area contributed by atoms with Crippen molar-refractivity contribution in [1.82, 2.24) is 5.43 Å². The molecule has 0 bridgehead atoms. The molecule has 0 amide bonds. The van der Waals surface area contributed by atoms with Gasteiger partial charge in [-0.25, -0.2) is 5.43 Å². The zero-order valence-corrected chi connectivity index (χ0v) is 9.74. The second-order valence-electron chi connectivity index (χ2n) is 4.00. The van der Waals surface area contributed by atoms with Crippen LogP contribution in [0.2, 0.25) is 0 Å². The van der Waals surface area contributed by atoms with Gasteiger partial charge in [-0.1, -0.05) is 0 Å². The lowest BCUT2D eigenvalue weighted by molar-refractivity contribution is -0.137. The van der Waals surface area contributed by atoms with Crippen LogP contribution in [0.5, 0.6) is 0 Å². The van der Waals surface area contributed by atoms with E-state index >= 15 is 0 Å². The van der Waals surface area contributed by atoms with E-state index < -0.39 is 17.8 Å². The summed E-state index contributed by atoms with van der Waals surface area (Å²) in [4.78, 5) is 0. The molecule has 102 valence electrons. The fraction of sp³-hybridized carbons (Fsp3) is 0.167. The fourth-order valence-electron chi connectivity index (χ4n) is 1.81. The van der Waals surface area contributed by atoms with E-state index in [1.807, 2.05) is 0 Å². The van der Waals surface area contributed by atoms with Crippen molar-refractivity contribution in [1.29, 1.82) is 0 Å². The van der Waals surface area contributed by atoms with Gasteiger partial charge in [-0.3, -0.25) is 5.84 Å². The summed E-state index contributed by atoms with van der Waals surface area (Å²) in [6.45, 7) is 0. The van der Waals surface area contributed by atoms with Gasteiger partial charge >= 0.3 is 6.18 Å². The summed E-state index contributed by atoms with van der Waals surface area (Å²) < 4.78 is 43.0. The summed E-state index contributed by atoms with van der Waals surface area (Å²) in [6, 6.07) is 4.06. The summed E-state index contributed by atoms with van der Waals surface area (Å²) in [5.41, 5.74) is 8.44. The monoisotopic (exact) mass is 271 g/mol. The van der Waals surface area contributed by atoms with Crippen molar-refractivity contribution in [3.05, 3.63) is 53.5 Å². The summed E-state index contributed by atoms with van der Waals surface area (Å²) in [5.74, 6) is 5.40. The maximum absolute atomic E-state index is 12.7. The van der Waals surface area contributed by atoms with Crippen LogP contribution < -0.4 is 17.0 Å². The van der Waals surface area contributed by atoms with E-state index in [9.17, 15) is 13.2 Å². The summed E-state index contributed by atoms with van der Waals surface area (Å²) in [7, 11) is 0. The third-order valence-electron chi connectivity index (χ3n) is 2.77. The van der Waals surface area contributed by atoms with E-state index in [0.29, 0.717) is 5.56 Å². The third kappa shape index (κ3) is 2.72. The minimum absolute atomic E-state index is 0.220. The molecule has 0 aliphatic rings. The normalized spacial score (nSPS) is 13.5. The number of halogens is 3. The number of hydrogen-bond acceptors (Lipinski definition) is 4. The van der Waals surface area contributed by atoms with E-state index in [4.69, 9.17) is 16.0 Å². The molecule has 1 atom stereocenters. The van der Waals surface area contributed by atoms with Gasteiger partial charge in [0.15, 0.2) is 0 Å². The summed E-state index contributed by atoms with van der Waals surface area (Å²) in [6.07, 6.45) is -1.63. The quantitative estimate of drug-likeness (QED) is 0.455. The van der Waals surface area contributed by atoms with Gasteiger partial charge < -0.3 is 10.2 Å². The Balaban J connectivity index is 2.48. The Bertz CT molecular complexity index is 552. The van der Waals surface area contributed by atoms with Crippen molar-refractivity contribution in [3.8, 4) is 0 Å². The molecule has 0 radical (unpaired) electrons. The zero-order chi connectivity index (χ0) is 14.0. The molecule has 0 saturated heterocycles. The van der Waals surface area contributed by atoms with Crippen LogP contribution in [0.4, 0.5) is 18.9 Å². The fourth-order valence-corrected chi connectivity index (χ4v) is 1.81. The number of benzene rings is 1. The lowest BCUT2D eigenvalue weighted by Gasteiger charge is -2.18. The predicted octanol–water partition coefficient (Wildman–Crippen LogP) is 2.43. The number of alkyl halides is 3. The van der Waals surface area contributed by atoms with Crippen molar-refractivity contribution >= 4 is 5.69 Å². The van der Waals surface area contributed by atoms with Crippen LogP contribution in [-0.4, -0.2) is 0 Å².